The average molecular weight is 492 g/mol. The Bertz CT molecular complexity index is 1030. The summed E-state index contributed by atoms with van der Waals surface area (Å²) in [6.45, 7) is 4.68. The SMILES string of the molecule is O=C(c1ccc(F)cc1)N(CCN1CCOCC1)CC1CN(C(=O)c2ccc(F)cc2F)CCO1. The first-order chi connectivity index (χ1) is 16.9. The minimum absolute atomic E-state index is 0.153. The van der Waals surface area contributed by atoms with Crippen LogP contribution in [0.25, 0.3) is 0 Å². The number of rotatable bonds is 7. The molecule has 2 aliphatic heterocycles. The lowest BCUT2D eigenvalue weighted by molar-refractivity contribution is -0.0348. The van der Waals surface area contributed by atoms with E-state index < -0.39 is 29.5 Å². The van der Waals surface area contributed by atoms with Gasteiger partial charge in [0.05, 0.1) is 31.5 Å². The Hall–Kier alpha value is -2.95. The summed E-state index contributed by atoms with van der Waals surface area (Å²) in [7, 11) is 0. The van der Waals surface area contributed by atoms with E-state index in [1.165, 1.54) is 29.2 Å². The van der Waals surface area contributed by atoms with Gasteiger partial charge in [0.25, 0.3) is 11.8 Å². The maximum Gasteiger partial charge on any atom is 0.257 e. The first-order valence-electron chi connectivity index (χ1n) is 11.6. The molecule has 10 heteroatoms. The van der Waals surface area contributed by atoms with E-state index >= 15 is 0 Å². The Morgan fingerprint density at radius 3 is 2.37 bits per heavy atom. The van der Waals surface area contributed by atoms with Crippen LogP contribution >= 0.6 is 0 Å². The van der Waals surface area contributed by atoms with Crippen LogP contribution in [-0.2, 0) is 9.47 Å². The van der Waals surface area contributed by atoms with Crippen molar-refractivity contribution in [2.75, 3.05) is 65.6 Å². The molecule has 1 unspecified atom stereocenters. The van der Waals surface area contributed by atoms with Crippen molar-refractivity contribution in [3.05, 3.63) is 71.0 Å². The molecule has 1 atom stereocenters. The molecule has 2 amide bonds. The summed E-state index contributed by atoms with van der Waals surface area (Å²) in [6.07, 6.45) is -0.495. The molecule has 0 aliphatic carbocycles. The van der Waals surface area contributed by atoms with E-state index in [2.05, 4.69) is 4.90 Å². The molecular formula is C25H28F3N3O4. The van der Waals surface area contributed by atoms with Crippen molar-refractivity contribution < 1.29 is 32.2 Å². The molecule has 0 saturated carbocycles. The zero-order chi connectivity index (χ0) is 24.8. The van der Waals surface area contributed by atoms with E-state index in [1.54, 1.807) is 4.90 Å². The molecule has 2 heterocycles. The predicted molar refractivity (Wildman–Crippen MR) is 122 cm³/mol. The number of hydrogen-bond acceptors (Lipinski definition) is 5. The minimum Gasteiger partial charge on any atom is -0.379 e. The van der Waals surface area contributed by atoms with Crippen molar-refractivity contribution in [1.82, 2.24) is 14.7 Å². The molecule has 2 aromatic rings. The van der Waals surface area contributed by atoms with Crippen LogP contribution in [0.5, 0.6) is 0 Å². The number of hydrogen-bond donors (Lipinski definition) is 0. The minimum atomic E-state index is -0.920. The quantitative estimate of drug-likeness (QED) is 0.596. The van der Waals surface area contributed by atoms with Crippen molar-refractivity contribution in [2.24, 2.45) is 0 Å². The van der Waals surface area contributed by atoms with Crippen molar-refractivity contribution in [3.8, 4) is 0 Å². The number of nitrogens with zero attached hydrogens (tertiary/aromatic N) is 3. The molecule has 0 radical (unpaired) electrons. The van der Waals surface area contributed by atoms with Gasteiger partial charge in [-0.15, -0.1) is 0 Å². The van der Waals surface area contributed by atoms with E-state index in [4.69, 9.17) is 9.47 Å². The average Bonchev–Trinajstić information content (AvgIpc) is 2.87. The lowest BCUT2D eigenvalue weighted by Gasteiger charge is -2.37. The standard InChI is InChI=1S/C25H28F3N3O4/c26-19-3-1-18(2-4-19)24(32)30(8-7-29-9-12-34-13-10-29)16-21-17-31(11-14-35-21)25(33)22-6-5-20(27)15-23(22)28/h1-6,15,21H,7-14,16-17H2. The normalized spacial score (nSPS) is 18.9. The van der Waals surface area contributed by atoms with Gasteiger partial charge >= 0.3 is 0 Å². The molecule has 188 valence electrons. The van der Waals surface area contributed by atoms with Crippen LogP contribution in [0.4, 0.5) is 13.2 Å². The summed E-state index contributed by atoms with van der Waals surface area (Å²) >= 11 is 0. The molecule has 0 bridgehead atoms. The topological polar surface area (TPSA) is 62.3 Å². The Labute approximate surface area is 202 Å². The van der Waals surface area contributed by atoms with E-state index in [0.717, 1.165) is 25.2 Å². The van der Waals surface area contributed by atoms with Gasteiger partial charge in [0.2, 0.25) is 0 Å². The Morgan fingerprint density at radius 2 is 1.66 bits per heavy atom. The van der Waals surface area contributed by atoms with Gasteiger partial charge in [0.1, 0.15) is 17.5 Å². The van der Waals surface area contributed by atoms with E-state index in [9.17, 15) is 22.8 Å². The predicted octanol–water partition coefficient (Wildman–Crippen LogP) is 2.42. The molecule has 2 saturated heterocycles. The van der Waals surface area contributed by atoms with Gasteiger partial charge in [0, 0.05) is 57.4 Å². The molecule has 35 heavy (non-hydrogen) atoms. The molecule has 0 spiro atoms. The zero-order valence-electron chi connectivity index (χ0n) is 19.3. The molecule has 7 nitrogen and oxygen atoms in total. The number of carbonyl (C=O) groups excluding carboxylic acids is 2. The number of morpholine rings is 2. The zero-order valence-corrected chi connectivity index (χ0v) is 19.3. The molecule has 4 rings (SSSR count). The largest absolute Gasteiger partial charge is 0.379 e. The van der Waals surface area contributed by atoms with Crippen molar-refractivity contribution >= 4 is 11.8 Å². The highest BCUT2D eigenvalue weighted by molar-refractivity contribution is 5.95. The second kappa shape index (κ2) is 11.7. The van der Waals surface area contributed by atoms with Gasteiger partial charge < -0.3 is 19.3 Å². The highest BCUT2D eigenvalue weighted by Gasteiger charge is 2.30. The summed E-state index contributed by atoms with van der Waals surface area (Å²) in [5.74, 6) is -2.93. The van der Waals surface area contributed by atoms with E-state index in [1.807, 2.05) is 0 Å². The molecule has 0 aromatic heterocycles. The summed E-state index contributed by atoms with van der Waals surface area (Å²) in [5.41, 5.74) is 0.143. The summed E-state index contributed by atoms with van der Waals surface area (Å²) < 4.78 is 52.0. The second-order valence-electron chi connectivity index (χ2n) is 8.58. The third-order valence-corrected chi connectivity index (χ3v) is 6.18. The van der Waals surface area contributed by atoms with Gasteiger partial charge in [0.15, 0.2) is 0 Å². The second-order valence-corrected chi connectivity index (χ2v) is 8.58. The van der Waals surface area contributed by atoms with Crippen molar-refractivity contribution in [2.45, 2.75) is 6.10 Å². The lowest BCUT2D eigenvalue weighted by Crippen LogP contribution is -2.52. The van der Waals surface area contributed by atoms with Crippen LogP contribution in [0.2, 0.25) is 0 Å². The smallest absolute Gasteiger partial charge is 0.257 e. The molecule has 2 aromatic carbocycles. The number of halogens is 3. The monoisotopic (exact) mass is 491 g/mol. The van der Waals surface area contributed by atoms with Crippen LogP contribution in [0.15, 0.2) is 42.5 Å². The highest BCUT2D eigenvalue weighted by atomic mass is 19.1. The number of benzene rings is 2. The van der Waals surface area contributed by atoms with E-state index in [-0.39, 0.29) is 37.7 Å². The first-order valence-corrected chi connectivity index (χ1v) is 11.6. The number of amides is 2. The maximum atomic E-state index is 14.2. The molecule has 0 N–H and O–H groups in total. The third-order valence-electron chi connectivity index (χ3n) is 6.18. The number of ether oxygens (including phenoxy) is 2. The summed E-state index contributed by atoms with van der Waals surface area (Å²) in [5, 5.41) is 0. The van der Waals surface area contributed by atoms with Crippen LogP contribution in [0.3, 0.4) is 0 Å². The third kappa shape index (κ3) is 6.59. The van der Waals surface area contributed by atoms with Gasteiger partial charge in [-0.3, -0.25) is 14.5 Å². The van der Waals surface area contributed by atoms with Crippen LogP contribution < -0.4 is 0 Å². The Balaban J connectivity index is 1.44. The highest BCUT2D eigenvalue weighted by Crippen LogP contribution is 2.17. The van der Waals surface area contributed by atoms with Crippen LogP contribution in [0.1, 0.15) is 20.7 Å². The van der Waals surface area contributed by atoms with Gasteiger partial charge in [-0.25, -0.2) is 13.2 Å². The maximum absolute atomic E-state index is 14.2. The molecule has 2 aliphatic rings. The fourth-order valence-corrected chi connectivity index (χ4v) is 4.23. The first kappa shape index (κ1) is 25.2. The lowest BCUT2D eigenvalue weighted by atomic mass is 10.1. The Morgan fingerprint density at radius 1 is 0.943 bits per heavy atom. The van der Waals surface area contributed by atoms with E-state index in [0.29, 0.717) is 37.9 Å². The Kier molecular flexibility index (Phi) is 8.37. The fourth-order valence-electron chi connectivity index (χ4n) is 4.23. The van der Waals surface area contributed by atoms with Crippen molar-refractivity contribution in [1.29, 1.82) is 0 Å². The van der Waals surface area contributed by atoms with Gasteiger partial charge in [-0.05, 0) is 36.4 Å². The van der Waals surface area contributed by atoms with Gasteiger partial charge in [-0.1, -0.05) is 0 Å². The molecular weight excluding hydrogens is 463 g/mol. The fraction of sp³-hybridized carbons (Fsp3) is 0.440. The summed E-state index contributed by atoms with van der Waals surface area (Å²) in [4.78, 5) is 31.4. The number of carbonyl (C=O) groups is 2. The van der Waals surface area contributed by atoms with Crippen LogP contribution in [-0.4, -0.2) is 98.3 Å². The summed E-state index contributed by atoms with van der Waals surface area (Å²) in [6, 6.07) is 8.21. The molecule has 2 fully saturated rings. The van der Waals surface area contributed by atoms with Gasteiger partial charge in [-0.2, -0.15) is 0 Å². The van der Waals surface area contributed by atoms with Crippen LogP contribution in [0, 0.1) is 17.5 Å². The van der Waals surface area contributed by atoms with Crippen molar-refractivity contribution in [3.63, 3.8) is 0 Å².